The van der Waals surface area contributed by atoms with Crippen molar-refractivity contribution in [1.29, 1.82) is 0 Å². The van der Waals surface area contributed by atoms with E-state index >= 15 is 0 Å². The number of fused-ring (bicyclic) bond motifs is 1. The van der Waals surface area contributed by atoms with E-state index in [9.17, 15) is 9.18 Å². The SMILES string of the molecule is O=C(Cc1ccccc1F)NC1CCc2onc(CN3CCOCC3)c2C1. The van der Waals surface area contributed by atoms with E-state index in [0.29, 0.717) is 12.0 Å². The molecular weight excluding hydrogens is 349 g/mol. The molecule has 0 radical (unpaired) electrons. The van der Waals surface area contributed by atoms with Crippen molar-refractivity contribution in [1.82, 2.24) is 15.4 Å². The van der Waals surface area contributed by atoms with Crippen LogP contribution in [-0.2, 0) is 35.3 Å². The van der Waals surface area contributed by atoms with Crippen LogP contribution in [0.3, 0.4) is 0 Å². The second-order valence-electron chi connectivity index (χ2n) is 7.19. The molecule has 1 N–H and O–H groups in total. The fourth-order valence-corrected chi connectivity index (χ4v) is 3.78. The Kier molecular flexibility index (Phi) is 5.50. The molecule has 1 aliphatic carbocycles. The third-order valence-corrected chi connectivity index (χ3v) is 5.27. The molecule has 1 aromatic carbocycles. The molecular formula is C20H24FN3O3. The second-order valence-corrected chi connectivity index (χ2v) is 7.19. The number of halogens is 1. The number of carbonyl (C=O) groups excluding carboxylic acids is 1. The number of ether oxygens (including phenoxy) is 1. The van der Waals surface area contributed by atoms with Gasteiger partial charge in [-0.25, -0.2) is 4.39 Å². The van der Waals surface area contributed by atoms with Crippen LogP contribution in [0.5, 0.6) is 0 Å². The molecule has 144 valence electrons. The summed E-state index contributed by atoms with van der Waals surface area (Å²) in [6.07, 6.45) is 2.33. The Balaban J connectivity index is 1.37. The lowest BCUT2D eigenvalue weighted by molar-refractivity contribution is -0.121. The van der Waals surface area contributed by atoms with Gasteiger partial charge in [0.15, 0.2) is 0 Å². The van der Waals surface area contributed by atoms with Gasteiger partial charge in [-0.1, -0.05) is 23.4 Å². The third-order valence-electron chi connectivity index (χ3n) is 5.27. The highest BCUT2D eigenvalue weighted by molar-refractivity contribution is 5.79. The second kappa shape index (κ2) is 8.19. The summed E-state index contributed by atoms with van der Waals surface area (Å²) in [5, 5.41) is 7.31. The average molecular weight is 373 g/mol. The molecule has 0 spiro atoms. The van der Waals surface area contributed by atoms with Crippen LogP contribution >= 0.6 is 0 Å². The summed E-state index contributed by atoms with van der Waals surface area (Å²) >= 11 is 0. The lowest BCUT2D eigenvalue weighted by Crippen LogP contribution is -2.40. The molecule has 7 heteroatoms. The smallest absolute Gasteiger partial charge is 0.224 e. The minimum atomic E-state index is -0.342. The maximum absolute atomic E-state index is 13.7. The van der Waals surface area contributed by atoms with Gasteiger partial charge in [0, 0.05) is 37.7 Å². The van der Waals surface area contributed by atoms with Gasteiger partial charge in [0.25, 0.3) is 0 Å². The standard InChI is InChI=1S/C20H24FN3O3/c21-17-4-2-1-3-14(17)11-20(25)22-15-5-6-19-16(12-15)18(23-27-19)13-24-7-9-26-10-8-24/h1-4,15H,5-13H2,(H,22,25). The number of rotatable bonds is 5. The van der Waals surface area contributed by atoms with Gasteiger partial charge in [0.1, 0.15) is 17.3 Å². The van der Waals surface area contributed by atoms with Gasteiger partial charge in [-0.15, -0.1) is 0 Å². The molecule has 1 amide bonds. The molecule has 1 aliphatic heterocycles. The topological polar surface area (TPSA) is 67.6 Å². The zero-order chi connectivity index (χ0) is 18.6. The molecule has 1 aromatic heterocycles. The van der Waals surface area contributed by atoms with E-state index in [0.717, 1.165) is 62.7 Å². The van der Waals surface area contributed by atoms with Crippen molar-refractivity contribution in [3.63, 3.8) is 0 Å². The van der Waals surface area contributed by atoms with Gasteiger partial charge in [-0.2, -0.15) is 0 Å². The van der Waals surface area contributed by atoms with Gasteiger partial charge in [0.05, 0.1) is 19.6 Å². The third kappa shape index (κ3) is 4.36. The molecule has 0 bridgehead atoms. The van der Waals surface area contributed by atoms with Crippen LogP contribution in [0.25, 0.3) is 0 Å². The molecule has 2 aliphatic rings. The van der Waals surface area contributed by atoms with Crippen LogP contribution in [0, 0.1) is 5.82 Å². The van der Waals surface area contributed by atoms with Crippen molar-refractivity contribution >= 4 is 5.91 Å². The van der Waals surface area contributed by atoms with E-state index < -0.39 is 0 Å². The quantitative estimate of drug-likeness (QED) is 0.867. The lowest BCUT2D eigenvalue weighted by Gasteiger charge is -2.27. The Morgan fingerprint density at radius 1 is 1.30 bits per heavy atom. The zero-order valence-corrected chi connectivity index (χ0v) is 15.2. The molecule has 4 rings (SSSR count). The first-order valence-electron chi connectivity index (χ1n) is 9.48. The van der Waals surface area contributed by atoms with Crippen molar-refractivity contribution in [3.05, 3.63) is 52.7 Å². The summed E-state index contributed by atoms with van der Waals surface area (Å²) in [6, 6.07) is 6.42. The van der Waals surface area contributed by atoms with Crippen LogP contribution in [0.2, 0.25) is 0 Å². The molecule has 6 nitrogen and oxygen atoms in total. The van der Waals surface area contributed by atoms with E-state index in [1.54, 1.807) is 18.2 Å². The summed E-state index contributed by atoms with van der Waals surface area (Å²) < 4.78 is 24.7. The Labute approximate surface area is 157 Å². The van der Waals surface area contributed by atoms with Crippen molar-refractivity contribution < 1.29 is 18.4 Å². The molecule has 1 atom stereocenters. The van der Waals surface area contributed by atoms with E-state index in [1.165, 1.54) is 6.07 Å². The highest BCUT2D eigenvalue weighted by Gasteiger charge is 2.27. The maximum Gasteiger partial charge on any atom is 0.224 e. The average Bonchev–Trinajstić information content (AvgIpc) is 3.07. The largest absolute Gasteiger partial charge is 0.379 e. The summed E-state index contributed by atoms with van der Waals surface area (Å²) in [4.78, 5) is 14.7. The number of nitrogens with one attached hydrogen (secondary N) is 1. The van der Waals surface area contributed by atoms with Gasteiger partial charge in [-0.05, 0) is 24.5 Å². The van der Waals surface area contributed by atoms with Crippen LogP contribution in [0.15, 0.2) is 28.8 Å². The molecule has 1 fully saturated rings. The van der Waals surface area contributed by atoms with E-state index in [1.807, 2.05) is 0 Å². The number of hydrogen-bond donors (Lipinski definition) is 1. The minimum absolute atomic E-state index is 0.0274. The van der Waals surface area contributed by atoms with Gasteiger partial charge in [0.2, 0.25) is 5.91 Å². The van der Waals surface area contributed by atoms with Crippen LogP contribution in [0.1, 0.15) is 29.0 Å². The monoisotopic (exact) mass is 373 g/mol. The van der Waals surface area contributed by atoms with Crippen LogP contribution in [-0.4, -0.2) is 48.3 Å². The van der Waals surface area contributed by atoms with Crippen LogP contribution < -0.4 is 5.32 Å². The van der Waals surface area contributed by atoms with Crippen molar-refractivity contribution in [3.8, 4) is 0 Å². The molecule has 27 heavy (non-hydrogen) atoms. The van der Waals surface area contributed by atoms with Gasteiger partial charge < -0.3 is 14.6 Å². The number of amides is 1. The Morgan fingerprint density at radius 3 is 2.93 bits per heavy atom. The van der Waals surface area contributed by atoms with Crippen molar-refractivity contribution in [2.24, 2.45) is 0 Å². The van der Waals surface area contributed by atoms with Gasteiger partial charge >= 0.3 is 0 Å². The predicted octanol–water partition coefficient (Wildman–Crippen LogP) is 1.86. The first kappa shape index (κ1) is 18.1. The number of aromatic nitrogens is 1. The highest BCUT2D eigenvalue weighted by atomic mass is 19.1. The Hall–Kier alpha value is -2.25. The molecule has 2 aromatic rings. The number of benzene rings is 1. The first-order valence-corrected chi connectivity index (χ1v) is 9.48. The number of aryl methyl sites for hydroxylation is 1. The number of nitrogens with zero attached hydrogens (tertiary/aromatic N) is 2. The first-order chi connectivity index (χ1) is 13.2. The molecule has 1 unspecified atom stereocenters. The normalized spacial score (nSPS) is 20.3. The summed E-state index contributed by atoms with van der Waals surface area (Å²) in [5.41, 5.74) is 2.49. The van der Waals surface area contributed by atoms with Gasteiger partial charge in [-0.3, -0.25) is 9.69 Å². The van der Waals surface area contributed by atoms with Crippen molar-refractivity contribution in [2.45, 2.75) is 38.3 Å². The molecule has 2 heterocycles. The summed E-state index contributed by atoms with van der Waals surface area (Å²) in [5.74, 6) is 0.433. The minimum Gasteiger partial charge on any atom is -0.379 e. The molecule has 0 saturated carbocycles. The van der Waals surface area contributed by atoms with Crippen LogP contribution in [0.4, 0.5) is 4.39 Å². The highest BCUT2D eigenvalue weighted by Crippen LogP contribution is 2.26. The number of hydrogen-bond acceptors (Lipinski definition) is 5. The van der Waals surface area contributed by atoms with E-state index in [-0.39, 0.29) is 24.2 Å². The van der Waals surface area contributed by atoms with E-state index in [4.69, 9.17) is 9.26 Å². The molecule has 1 saturated heterocycles. The van der Waals surface area contributed by atoms with Crippen molar-refractivity contribution in [2.75, 3.05) is 26.3 Å². The number of carbonyl (C=O) groups is 1. The zero-order valence-electron chi connectivity index (χ0n) is 15.2. The fourth-order valence-electron chi connectivity index (χ4n) is 3.78. The van der Waals surface area contributed by atoms with E-state index in [2.05, 4.69) is 15.4 Å². The predicted molar refractivity (Wildman–Crippen MR) is 96.7 cm³/mol. The fraction of sp³-hybridized carbons (Fsp3) is 0.500. The Morgan fingerprint density at radius 2 is 2.11 bits per heavy atom. The maximum atomic E-state index is 13.7. The lowest BCUT2D eigenvalue weighted by atomic mass is 9.91. The summed E-state index contributed by atoms with van der Waals surface area (Å²) in [7, 11) is 0. The Bertz CT molecular complexity index is 802. The summed E-state index contributed by atoms with van der Waals surface area (Å²) in [6.45, 7) is 4.02. The number of morpholine rings is 1.